The van der Waals surface area contributed by atoms with Gasteiger partial charge in [0, 0.05) is 29.2 Å². The van der Waals surface area contributed by atoms with Gasteiger partial charge in [0.15, 0.2) is 0 Å². The quantitative estimate of drug-likeness (QED) is 0.167. The number of aromatic hydroxyl groups is 1. The summed E-state index contributed by atoms with van der Waals surface area (Å²) in [5.41, 5.74) is 12.1. The lowest BCUT2D eigenvalue weighted by molar-refractivity contribution is 0.448. The molecule has 0 spiro atoms. The van der Waals surface area contributed by atoms with Gasteiger partial charge in [-0.2, -0.15) is 0 Å². The maximum Gasteiger partial charge on any atom is 0.149 e. The molecule has 54 heavy (non-hydrogen) atoms. The molecule has 5 nitrogen and oxygen atoms in total. The number of phenolic OH excluding ortho intramolecular Hbond substituents is 1. The van der Waals surface area contributed by atoms with Gasteiger partial charge in [-0.3, -0.25) is 14.5 Å². The van der Waals surface area contributed by atoms with Crippen LogP contribution >= 0.6 is 0 Å². The van der Waals surface area contributed by atoms with Gasteiger partial charge >= 0.3 is 0 Å². The number of pyridine rings is 2. The number of para-hydroxylation sites is 2. The first-order chi connectivity index (χ1) is 26.0. The van der Waals surface area contributed by atoms with Crippen molar-refractivity contribution in [1.82, 2.24) is 19.5 Å². The highest BCUT2D eigenvalue weighted by Crippen LogP contribution is 2.42. The Morgan fingerprint density at radius 1 is 0.593 bits per heavy atom. The molecule has 6 heteroatoms. The van der Waals surface area contributed by atoms with E-state index in [2.05, 4.69) is 142 Å². The number of aromatic nitrogens is 4. The number of fused-ring (bicyclic) bond motifs is 1. The first-order valence-corrected chi connectivity index (χ1v) is 22.0. The molecule has 1 N–H and O–H groups in total. The first-order valence-electron chi connectivity index (χ1n) is 18.5. The van der Waals surface area contributed by atoms with Crippen molar-refractivity contribution in [1.29, 1.82) is 0 Å². The fraction of sp³-hybridized carbons (Fsp3) is 0.146. The molecule has 0 saturated heterocycles. The van der Waals surface area contributed by atoms with Crippen molar-refractivity contribution in [2.75, 3.05) is 0 Å². The molecular weight excluding hydrogens is 677 g/mol. The number of nitrogens with zero attached hydrogens (tertiary/aromatic N) is 4. The molecule has 0 aliphatic heterocycles. The number of hydrogen-bond donors (Lipinski definition) is 1. The van der Waals surface area contributed by atoms with Gasteiger partial charge in [0.25, 0.3) is 0 Å². The molecule has 266 valence electrons. The highest BCUT2D eigenvalue weighted by atomic mass is 28.3. The zero-order valence-electron chi connectivity index (χ0n) is 31.7. The van der Waals surface area contributed by atoms with E-state index in [1.165, 1.54) is 16.3 Å². The average Bonchev–Trinajstić information content (AvgIpc) is 3.57. The minimum absolute atomic E-state index is 0.238. The summed E-state index contributed by atoms with van der Waals surface area (Å²) in [6.45, 7) is 13.5. The van der Waals surface area contributed by atoms with Crippen molar-refractivity contribution >= 4 is 24.3 Å². The highest BCUT2D eigenvalue weighted by Gasteiger charge is 2.26. The van der Waals surface area contributed by atoms with Crippen LogP contribution in [0.3, 0.4) is 0 Å². The van der Waals surface area contributed by atoms with Gasteiger partial charge in [-0.25, -0.2) is 4.98 Å². The summed E-state index contributed by atoms with van der Waals surface area (Å²) in [7, 11) is -1.72. The summed E-state index contributed by atoms with van der Waals surface area (Å²) in [5, 5.41) is 13.1. The van der Waals surface area contributed by atoms with Crippen molar-refractivity contribution < 1.29 is 5.11 Å². The van der Waals surface area contributed by atoms with Gasteiger partial charge in [-0.1, -0.05) is 131 Å². The molecule has 0 atom stereocenters. The Kier molecular flexibility index (Phi) is 8.87. The second-order valence-corrected chi connectivity index (χ2v) is 21.0. The van der Waals surface area contributed by atoms with Gasteiger partial charge in [0.2, 0.25) is 0 Å². The monoisotopic (exact) mass is 720 g/mol. The van der Waals surface area contributed by atoms with Crippen LogP contribution in [0.5, 0.6) is 5.75 Å². The minimum Gasteiger partial charge on any atom is -0.507 e. The number of imidazole rings is 1. The van der Waals surface area contributed by atoms with Crippen molar-refractivity contribution in [3.8, 4) is 67.6 Å². The van der Waals surface area contributed by atoms with Crippen LogP contribution in [0.25, 0.3) is 72.9 Å². The highest BCUT2D eigenvalue weighted by molar-refractivity contribution is 6.89. The van der Waals surface area contributed by atoms with Gasteiger partial charge in [-0.05, 0) is 86.9 Å². The molecule has 0 bridgehead atoms. The van der Waals surface area contributed by atoms with Crippen LogP contribution in [0.15, 0.2) is 152 Å². The third-order valence-corrected chi connectivity index (χ3v) is 12.1. The molecular formula is C48H44N4OSi. The maximum absolute atomic E-state index is 11.8. The van der Waals surface area contributed by atoms with E-state index in [-0.39, 0.29) is 11.2 Å². The second-order valence-electron chi connectivity index (χ2n) is 16.0. The lowest BCUT2D eigenvalue weighted by atomic mass is 9.85. The van der Waals surface area contributed by atoms with Crippen molar-refractivity contribution in [2.24, 2.45) is 0 Å². The Morgan fingerprint density at radius 2 is 1.22 bits per heavy atom. The van der Waals surface area contributed by atoms with E-state index in [1.54, 1.807) is 0 Å². The largest absolute Gasteiger partial charge is 0.507 e. The summed E-state index contributed by atoms with van der Waals surface area (Å²) in [5.74, 6) is 0.895. The van der Waals surface area contributed by atoms with Crippen LogP contribution in [0.4, 0.5) is 0 Å². The molecule has 3 aromatic heterocycles. The number of phenols is 1. The van der Waals surface area contributed by atoms with E-state index in [1.807, 2.05) is 54.7 Å². The molecule has 8 aromatic rings. The van der Waals surface area contributed by atoms with Gasteiger partial charge < -0.3 is 5.11 Å². The van der Waals surface area contributed by atoms with Gasteiger partial charge in [0.05, 0.1) is 30.5 Å². The topological polar surface area (TPSA) is 63.8 Å². The third kappa shape index (κ3) is 6.54. The zero-order chi connectivity index (χ0) is 37.6. The third-order valence-electron chi connectivity index (χ3n) is 10.1. The molecule has 8 rings (SSSR count). The molecule has 0 unspecified atom stereocenters. The molecule has 0 aliphatic rings. The summed E-state index contributed by atoms with van der Waals surface area (Å²) in [4.78, 5) is 15.5. The van der Waals surface area contributed by atoms with E-state index in [4.69, 9.17) is 15.0 Å². The van der Waals surface area contributed by atoms with Crippen LogP contribution in [0, 0.1) is 0 Å². The summed E-state index contributed by atoms with van der Waals surface area (Å²) >= 11 is 0. The Hall–Kier alpha value is -6.11. The molecule has 3 heterocycles. The van der Waals surface area contributed by atoms with Crippen LogP contribution in [-0.4, -0.2) is 32.7 Å². The smallest absolute Gasteiger partial charge is 0.149 e. The fourth-order valence-electron chi connectivity index (χ4n) is 7.34. The Morgan fingerprint density at radius 3 is 1.89 bits per heavy atom. The summed E-state index contributed by atoms with van der Waals surface area (Å²) in [6.07, 6.45) is 3.96. The molecule has 0 saturated carbocycles. The van der Waals surface area contributed by atoms with Crippen molar-refractivity contribution in [3.63, 3.8) is 0 Å². The van der Waals surface area contributed by atoms with E-state index in [0.29, 0.717) is 11.4 Å². The predicted octanol–water partition coefficient (Wildman–Crippen LogP) is 11.7. The lowest BCUT2D eigenvalue weighted by Crippen LogP contribution is -2.39. The maximum atomic E-state index is 11.8. The van der Waals surface area contributed by atoms with E-state index >= 15 is 0 Å². The summed E-state index contributed by atoms with van der Waals surface area (Å²) in [6, 6.07) is 48.2. The molecule has 0 amide bonds. The predicted molar refractivity (Wildman–Crippen MR) is 227 cm³/mol. The van der Waals surface area contributed by atoms with Crippen LogP contribution in [0.1, 0.15) is 26.3 Å². The van der Waals surface area contributed by atoms with Crippen molar-refractivity contribution in [3.05, 3.63) is 157 Å². The molecule has 5 aromatic carbocycles. The number of hydrogen-bond acceptors (Lipinski definition) is 4. The fourth-order valence-corrected chi connectivity index (χ4v) is 8.82. The van der Waals surface area contributed by atoms with Crippen molar-refractivity contribution in [2.45, 2.75) is 45.8 Å². The second kappa shape index (κ2) is 13.7. The van der Waals surface area contributed by atoms with Gasteiger partial charge in [-0.15, -0.1) is 0 Å². The number of rotatable bonds is 7. The Balaban J connectivity index is 1.39. The van der Waals surface area contributed by atoms with E-state index < -0.39 is 8.07 Å². The lowest BCUT2D eigenvalue weighted by Gasteiger charge is -2.22. The van der Waals surface area contributed by atoms with Crippen LogP contribution < -0.4 is 5.19 Å². The Labute approximate surface area is 318 Å². The zero-order valence-corrected chi connectivity index (χ0v) is 32.7. The molecule has 0 aliphatic carbocycles. The first kappa shape index (κ1) is 34.9. The Bertz CT molecular complexity index is 2620. The van der Waals surface area contributed by atoms with Crippen LogP contribution in [-0.2, 0) is 5.41 Å². The van der Waals surface area contributed by atoms with Crippen LogP contribution in [0.2, 0.25) is 19.6 Å². The average molecular weight is 721 g/mol. The number of benzene rings is 5. The standard InChI is InChI=1S/C48H44N4OSi/c1-48(2,3)40-24-16-23-38(46(40)53)47-51-45-42(52(47)37-21-14-9-15-22-37)25-26-49-44(45)36-28-34(32-17-10-7-11-18-32)27-35(29-36)41-30-39(33-19-12-8-13-20-33)43(31-50-41)54(4,5)6/h7-31,53H,1-6H3. The minimum atomic E-state index is -1.72. The SMILES string of the molecule is CC(C)(C)c1cccc(-c2nc3c(-c4cc(-c5ccccc5)cc(-c5cc(-c6ccccc6)c([Si](C)(C)C)cn5)c4)nccc3n2-c2ccccc2)c1O. The normalized spacial score (nSPS) is 12.0. The van der Waals surface area contributed by atoms with Gasteiger partial charge in [0.1, 0.15) is 17.1 Å². The van der Waals surface area contributed by atoms with E-state index in [0.717, 1.165) is 55.9 Å². The summed E-state index contributed by atoms with van der Waals surface area (Å²) < 4.78 is 2.13. The molecule has 0 fully saturated rings. The molecule has 0 radical (unpaired) electrons. The van der Waals surface area contributed by atoms with E-state index in [9.17, 15) is 5.11 Å².